The Balaban J connectivity index is 1.50. The molecular weight excluding hydrogens is 332 g/mol. The molecular formula is C18H20N6O2. The molecule has 0 unspecified atom stereocenters. The lowest BCUT2D eigenvalue weighted by molar-refractivity contribution is 0.110. The van der Waals surface area contributed by atoms with Gasteiger partial charge in [0.1, 0.15) is 6.10 Å². The lowest BCUT2D eigenvalue weighted by Crippen LogP contribution is -2.23. The number of nitrogens with two attached hydrogens (primary N) is 1. The highest BCUT2D eigenvalue weighted by Gasteiger charge is 2.27. The number of aryl methyl sites for hydroxylation is 1. The van der Waals surface area contributed by atoms with E-state index in [4.69, 9.17) is 10.5 Å². The summed E-state index contributed by atoms with van der Waals surface area (Å²) < 4.78 is 6.86. The maximum absolute atomic E-state index is 10.9. The van der Waals surface area contributed by atoms with Crippen molar-refractivity contribution in [3.05, 3.63) is 36.7 Å². The smallest absolute Gasteiger partial charge is 0.404 e. The van der Waals surface area contributed by atoms with Crippen molar-refractivity contribution >= 4 is 22.9 Å². The number of anilines is 1. The number of carbonyl (C=O) groups is 1. The molecule has 2 aromatic heterocycles. The minimum absolute atomic E-state index is 0.138. The third-order valence-electron chi connectivity index (χ3n) is 4.57. The molecule has 1 fully saturated rings. The molecule has 3 N–H and O–H groups in total. The molecule has 0 aliphatic heterocycles. The van der Waals surface area contributed by atoms with Crippen LogP contribution in [-0.2, 0) is 11.8 Å². The molecule has 26 heavy (non-hydrogen) atoms. The molecule has 8 nitrogen and oxygen atoms in total. The number of rotatable bonds is 4. The van der Waals surface area contributed by atoms with E-state index >= 15 is 0 Å². The summed E-state index contributed by atoms with van der Waals surface area (Å²) in [6, 6.07) is 8.11. The Kier molecular flexibility index (Phi) is 4.16. The van der Waals surface area contributed by atoms with Crippen molar-refractivity contribution in [1.82, 2.24) is 19.7 Å². The van der Waals surface area contributed by atoms with Crippen LogP contribution in [0.25, 0.3) is 22.2 Å². The van der Waals surface area contributed by atoms with Gasteiger partial charge >= 0.3 is 6.09 Å². The zero-order valence-corrected chi connectivity index (χ0v) is 14.4. The van der Waals surface area contributed by atoms with E-state index in [1.165, 1.54) is 0 Å². The molecule has 0 bridgehead atoms. The summed E-state index contributed by atoms with van der Waals surface area (Å²) >= 11 is 0. The summed E-state index contributed by atoms with van der Waals surface area (Å²) in [5.74, 6) is 0.568. The van der Waals surface area contributed by atoms with Crippen molar-refractivity contribution in [3.63, 3.8) is 0 Å². The van der Waals surface area contributed by atoms with Gasteiger partial charge in [0, 0.05) is 42.9 Å². The lowest BCUT2D eigenvalue weighted by Gasteiger charge is -2.13. The Morgan fingerprint density at radius 2 is 2.23 bits per heavy atom. The van der Waals surface area contributed by atoms with Gasteiger partial charge < -0.3 is 15.8 Å². The van der Waals surface area contributed by atoms with Crippen molar-refractivity contribution in [2.75, 3.05) is 5.32 Å². The van der Waals surface area contributed by atoms with Crippen molar-refractivity contribution < 1.29 is 9.53 Å². The maximum Gasteiger partial charge on any atom is 0.404 e. The molecule has 1 saturated carbocycles. The molecule has 0 saturated heterocycles. The molecule has 3 aromatic rings. The van der Waals surface area contributed by atoms with Gasteiger partial charge in [-0.1, -0.05) is 6.07 Å². The van der Waals surface area contributed by atoms with E-state index in [-0.39, 0.29) is 12.1 Å². The minimum Gasteiger partial charge on any atom is -0.446 e. The van der Waals surface area contributed by atoms with Crippen LogP contribution in [-0.4, -0.2) is 38.0 Å². The Morgan fingerprint density at radius 3 is 3.08 bits per heavy atom. The molecule has 2 atom stereocenters. The van der Waals surface area contributed by atoms with E-state index in [1.54, 1.807) is 10.9 Å². The Morgan fingerprint density at radius 1 is 1.35 bits per heavy atom. The number of primary amides is 1. The van der Waals surface area contributed by atoms with Gasteiger partial charge in [0.2, 0.25) is 5.95 Å². The number of benzene rings is 1. The highest BCUT2D eigenvalue weighted by atomic mass is 16.6. The van der Waals surface area contributed by atoms with Gasteiger partial charge in [0.25, 0.3) is 0 Å². The van der Waals surface area contributed by atoms with Crippen LogP contribution < -0.4 is 11.1 Å². The van der Waals surface area contributed by atoms with Crippen LogP contribution in [0, 0.1) is 0 Å². The second-order valence-corrected chi connectivity index (χ2v) is 6.56. The van der Waals surface area contributed by atoms with E-state index in [1.807, 2.05) is 31.4 Å². The summed E-state index contributed by atoms with van der Waals surface area (Å²) in [5.41, 5.74) is 7.89. The van der Waals surface area contributed by atoms with Crippen LogP contribution in [0.1, 0.15) is 19.3 Å². The second kappa shape index (κ2) is 6.62. The fourth-order valence-electron chi connectivity index (χ4n) is 3.42. The number of nitrogens with one attached hydrogen (secondary N) is 1. The first-order chi connectivity index (χ1) is 12.6. The van der Waals surface area contributed by atoms with Crippen molar-refractivity contribution in [1.29, 1.82) is 0 Å². The number of hydrogen-bond donors (Lipinski definition) is 2. The molecule has 1 aliphatic rings. The third kappa shape index (κ3) is 3.44. The number of aromatic nitrogens is 4. The van der Waals surface area contributed by atoms with Crippen LogP contribution in [0.5, 0.6) is 0 Å². The number of amides is 1. The molecule has 0 radical (unpaired) electrons. The quantitative estimate of drug-likeness (QED) is 0.747. The highest BCUT2D eigenvalue weighted by molar-refractivity contribution is 5.83. The van der Waals surface area contributed by atoms with Crippen LogP contribution in [0.2, 0.25) is 0 Å². The Labute approximate surface area is 150 Å². The van der Waals surface area contributed by atoms with Crippen molar-refractivity contribution in [2.24, 2.45) is 12.8 Å². The highest BCUT2D eigenvalue weighted by Crippen LogP contribution is 2.26. The van der Waals surface area contributed by atoms with Crippen LogP contribution >= 0.6 is 0 Å². The lowest BCUT2D eigenvalue weighted by atomic mass is 10.1. The molecule has 1 aromatic carbocycles. The van der Waals surface area contributed by atoms with Gasteiger partial charge in [-0.25, -0.2) is 14.8 Å². The number of hydrogen-bond acceptors (Lipinski definition) is 6. The minimum atomic E-state index is -0.723. The van der Waals surface area contributed by atoms with E-state index in [2.05, 4.69) is 26.4 Å². The van der Waals surface area contributed by atoms with E-state index in [0.29, 0.717) is 12.4 Å². The first-order valence-corrected chi connectivity index (χ1v) is 8.56. The molecule has 1 amide bonds. The third-order valence-corrected chi connectivity index (χ3v) is 4.57. The van der Waals surface area contributed by atoms with Gasteiger partial charge in [0.15, 0.2) is 0 Å². The number of nitrogens with zero attached hydrogens (tertiary/aromatic N) is 4. The largest absolute Gasteiger partial charge is 0.446 e. The average Bonchev–Trinajstić information content (AvgIpc) is 3.19. The molecule has 134 valence electrons. The summed E-state index contributed by atoms with van der Waals surface area (Å²) in [6.45, 7) is 0. The number of carbonyl (C=O) groups excluding carboxylic acids is 1. The van der Waals surface area contributed by atoms with Crippen molar-refractivity contribution in [3.8, 4) is 11.3 Å². The Bertz CT molecular complexity index is 954. The van der Waals surface area contributed by atoms with Gasteiger partial charge in [-0.15, -0.1) is 0 Å². The predicted octanol–water partition coefficient (Wildman–Crippen LogP) is 2.46. The zero-order chi connectivity index (χ0) is 18.1. The fraction of sp³-hybridized carbons (Fsp3) is 0.333. The predicted molar refractivity (Wildman–Crippen MR) is 97.5 cm³/mol. The van der Waals surface area contributed by atoms with Crippen LogP contribution in [0.15, 0.2) is 36.7 Å². The second-order valence-electron chi connectivity index (χ2n) is 6.56. The normalized spacial score (nSPS) is 19.6. The molecule has 2 heterocycles. The first kappa shape index (κ1) is 16.3. The Hall–Kier alpha value is -3.16. The topological polar surface area (TPSA) is 108 Å². The first-order valence-electron chi connectivity index (χ1n) is 8.56. The van der Waals surface area contributed by atoms with Crippen LogP contribution in [0.3, 0.4) is 0 Å². The fourth-order valence-corrected chi connectivity index (χ4v) is 3.42. The van der Waals surface area contributed by atoms with E-state index < -0.39 is 6.09 Å². The van der Waals surface area contributed by atoms with Gasteiger partial charge in [0.05, 0.1) is 11.2 Å². The molecule has 4 rings (SSSR count). The molecule has 1 aliphatic carbocycles. The zero-order valence-electron chi connectivity index (χ0n) is 14.4. The van der Waals surface area contributed by atoms with E-state index in [0.717, 1.165) is 35.0 Å². The molecule has 8 heteroatoms. The van der Waals surface area contributed by atoms with Crippen LogP contribution in [0.4, 0.5) is 10.7 Å². The SMILES string of the molecule is Cn1cc2cc(-c3ccnc(N[C@H]4CC[C@H](OC(N)=O)C4)n3)ccc2n1. The monoisotopic (exact) mass is 352 g/mol. The summed E-state index contributed by atoms with van der Waals surface area (Å²) in [4.78, 5) is 19.8. The molecule has 0 spiro atoms. The summed E-state index contributed by atoms with van der Waals surface area (Å²) in [7, 11) is 1.91. The van der Waals surface area contributed by atoms with Gasteiger partial charge in [-0.3, -0.25) is 4.68 Å². The number of ether oxygens (including phenoxy) is 1. The summed E-state index contributed by atoms with van der Waals surface area (Å²) in [5, 5.41) is 8.78. The number of fused-ring (bicyclic) bond motifs is 1. The summed E-state index contributed by atoms with van der Waals surface area (Å²) in [6.07, 6.45) is 5.24. The van der Waals surface area contributed by atoms with Gasteiger partial charge in [-0.05, 0) is 31.0 Å². The average molecular weight is 352 g/mol. The van der Waals surface area contributed by atoms with Gasteiger partial charge in [-0.2, -0.15) is 5.10 Å². The standard InChI is InChI=1S/C18H20N6O2/c1-24-10-12-8-11(2-5-16(12)23-24)15-6-7-20-18(22-15)21-13-3-4-14(9-13)26-17(19)25/h2,5-8,10,13-14H,3-4,9H2,1H3,(H2,19,25)(H,20,21,22)/t13-,14-/m0/s1. The maximum atomic E-state index is 10.9. The van der Waals surface area contributed by atoms with Crippen molar-refractivity contribution in [2.45, 2.75) is 31.4 Å². The van der Waals surface area contributed by atoms with E-state index in [9.17, 15) is 4.79 Å².